The molecule has 0 aliphatic carbocycles. The molecule has 1 aromatic carbocycles. The van der Waals surface area contributed by atoms with Gasteiger partial charge in [0.2, 0.25) is 0 Å². The van der Waals surface area contributed by atoms with Crippen LogP contribution >= 0.6 is 0 Å². The highest BCUT2D eigenvalue weighted by atomic mass is 16.6. The van der Waals surface area contributed by atoms with Gasteiger partial charge in [-0.15, -0.1) is 0 Å². The van der Waals surface area contributed by atoms with E-state index in [0.29, 0.717) is 5.56 Å². The van der Waals surface area contributed by atoms with E-state index < -0.39 is 22.6 Å². The predicted octanol–water partition coefficient (Wildman–Crippen LogP) is 1.90. The Morgan fingerprint density at radius 3 is 2.67 bits per heavy atom. The van der Waals surface area contributed by atoms with Crippen molar-refractivity contribution >= 4 is 23.5 Å². The normalized spacial score (nSPS) is 12.3. The second kappa shape index (κ2) is 5.72. The molecule has 0 heterocycles. The first-order valence-corrected chi connectivity index (χ1v) is 5.11. The average molecular weight is 249 g/mol. The van der Waals surface area contributed by atoms with Crippen molar-refractivity contribution in [3.8, 4) is 0 Å². The van der Waals surface area contributed by atoms with Crippen molar-refractivity contribution in [2.75, 3.05) is 0 Å². The summed E-state index contributed by atoms with van der Waals surface area (Å²) in [4.78, 5) is 31.9. The minimum absolute atomic E-state index is 0.0871. The van der Waals surface area contributed by atoms with Crippen LogP contribution in [0.1, 0.15) is 12.5 Å². The van der Waals surface area contributed by atoms with Gasteiger partial charge in [0.25, 0.3) is 5.69 Å². The number of carbonyl (C=O) groups excluding carboxylic acids is 1. The maximum absolute atomic E-state index is 11.4. The number of hydrogen-bond acceptors (Lipinski definition) is 4. The van der Waals surface area contributed by atoms with E-state index in [1.165, 1.54) is 31.2 Å². The number of ketones is 1. The maximum atomic E-state index is 11.4. The zero-order chi connectivity index (χ0) is 13.7. The smallest absolute Gasteiger partial charge is 0.314 e. The van der Waals surface area contributed by atoms with Crippen molar-refractivity contribution in [2.24, 2.45) is 5.92 Å². The average Bonchev–Trinajstić information content (AvgIpc) is 2.35. The Balaban J connectivity index is 2.85. The van der Waals surface area contributed by atoms with Crippen LogP contribution in [0.2, 0.25) is 0 Å². The van der Waals surface area contributed by atoms with Crippen molar-refractivity contribution < 1.29 is 19.6 Å². The van der Waals surface area contributed by atoms with Gasteiger partial charge in [0.15, 0.2) is 5.78 Å². The number of hydrogen-bond donors (Lipinski definition) is 1. The Morgan fingerprint density at radius 1 is 1.44 bits per heavy atom. The standard InChI is InChI=1S/C12H11NO5/c1-8(12(15)16)11(14)6-5-9-3-2-4-10(7-9)13(17)18/h2-8H,1H3,(H,15,16). The van der Waals surface area contributed by atoms with Gasteiger partial charge in [0.05, 0.1) is 4.92 Å². The van der Waals surface area contributed by atoms with Gasteiger partial charge in [-0.25, -0.2) is 0 Å². The summed E-state index contributed by atoms with van der Waals surface area (Å²) in [5, 5.41) is 19.1. The van der Waals surface area contributed by atoms with Crippen LogP contribution in [0.5, 0.6) is 0 Å². The molecule has 0 aliphatic heterocycles. The van der Waals surface area contributed by atoms with Gasteiger partial charge >= 0.3 is 5.97 Å². The minimum atomic E-state index is -1.20. The molecule has 0 fully saturated rings. The summed E-state index contributed by atoms with van der Waals surface area (Å²) in [6.45, 7) is 1.28. The highest BCUT2D eigenvalue weighted by Gasteiger charge is 2.17. The lowest BCUT2D eigenvalue weighted by atomic mass is 10.1. The first-order chi connectivity index (χ1) is 8.41. The fourth-order valence-corrected chi connectivity index (χ4v) is 1.19. The van der Waals surface area contributed by atoms with Gasteiger partial charge in [0, 0.05) is 12.1 Å². The van der Waals surface area contributed by atoms with Crippen LogP contribution < -0.4 is 0 Å². The lowest BCUT2D eigenvalue weighted by Gasteiger charge is -1.99. The van der Waals surface area contributed by atoms with Crippen molar-refractivity contribution in [2.45, 2.75) is 6.92 Å². The van der Waals surface area contributed by atoms with E-state index in [1.807, 2.05) is 0 Å². The van der Waals surface area contributed by atoms with Crippen molar-refractivity contribution in [3.63, 3.8) is 0 Å². The minimum Gasteiger partial charge on any atom is -0.481 e. The molecular formula is C12H11NO5. The van der Waals surface area contributed by atoms with E-state index in [0.717, 1.165) is 6.08 Å². The molecule has 18 heavy (non-hydrogen) atoms. The number of carboxylic acid groups (broad SMARTS) is 1. The van der Waals surface area contributed by atoms with Gasteiger partial charge in [0.1, 0.15) is 5.92 Å². The third kappa shape index (κ3) is 3.51. The third-order valence-electron chi connectivity index (χ3n) is 2.32. The topological polar surface area (TPSA) is 97.5 Å². The SMILES string of the molecule is CC(C(=O)O)C(=O)C=Cc1cccc([N+](=O)[O-])c1. The molecule has 0 saturated carbocycles. The van der Waals surface area contributed by atoms with Crippen molar-refractivity contribution in [1.82, 2.24) is 0 Å². The largest absolute Gasteiger partial charge is 0.481 e. The molecule has 6 nitrogen and oxygen atoms in total. The molecule has 0 aliphatic rings. The number of benzene rings is 1. The van der Waals surface area contributed by atoms with Crippen LogP contribution in [-0.2, 0) is 9.59 Å². The van der Waals surface area contributed by atoms with Crippen LogP contribution in [0.25, 0.3) is 6.08 Å². The van der Waals surface area contributed by atoms with Gasteiger partial charge < -0.3 is 5.11 Å². The maximum Gasteiger partial charge on any atom is 0.314 e. The second-order valence-electron chi connectivity index (χ2n) is 3.65. The van der Waals surface area contributed by atoms with E-state index in [1.54, 1.807) is 6.07 Å². The summed E-state index contributed by atoms with van der Waals surface area (Å²) < 4.78 is 0. The number of non-ortho nitro benzene ring substituents is 1. The highest BCUT2D eigenvalue weighted by molar-refractivity contribution is 6.05. The molecule has 1 rings (SSSR count). The summed E-state index contributed by atoms with van der Waals surface area (Å²) >= 11 is 0. The quantitative estimate of drug-likeness (QED) is 0.372. The van der Waals surface area contributed by atoms with Crippen LogP contribution in [0, 0.1) is 16.0 Å². The first-order valence-electron chi connectivity index (χ1n) is 5.11. The van der Waals surface area contributed by atoms with E-state index >= 15 is 0 Å². The first kappa shape index (κ1) is 13.6. The second-order valence-corrected chi connectivity index (χ2v) is 3.65. The number of nitrogens with zero attached hydrogens (tertiary/aromatic N) is 1. The van der Waals surface area contributed by atoms with Crippen molar-refractivity contribution in [1.29, 1.82) is 0 Å². The van der Waals surface area contributed by atoms with E-state index in [4.69, 9.17) is 5.11 Å². The summed E-state index contributed by atoms with van der Waals surface area (Å²) in [6, 6.07) is 5.71. The molecular weight excluding hydrogens is 238 g/mol. The Morgan fingerprint density at radius 2 is 2.11 bits per heavy atom. The summed E-state index contributed by atoms with van der Waals surface area (Å²) in [6.07, 6.45) is 2.46. The van der Waals surface area contributed by atoms with Gasteiger partial charge in [-0.3, -0.25) is 19.7 Å². The molecule has 0 radical (unpaired) electrons. The number of carboxylic acids is 1. The molecule has 1 aromatic rings. The molecule has 0 amide bonds. The molecule has 0 spiro atoms. The molecule has 0 bridgehead atoms. The van der Waals surface area contributed by atoms with Gasteiger partial charge in [-0.1, -0.05) is 18.2 Å². The molecule has 0 aromatic heterocycles. The Labute approximate surface area is 103 Å². The molecule has 0 saturated heterocycles. The molecule has 1 atom stereocenters. The number of carbonyl (C=O) groups is 2. The fourth-order valence-electron chi connectivity index (χ4n) is 1.19. The molecule has 94 valence electrons. The highest BCUT2D eigenvalue weighted by Crippen LogP contribution is 2.14. The number of rotatable bonds is 5. The molecule has 6 heteroatoms. The number of aliphatic carboxylic acids is 1. The lowest BCUT2D eigenvalue weighted by molar-refractivity contribution is -0.384. The number of nitro groups is 1. The van der Waals surface area contributed by atoms with E-state index in [-0.39, 0.29) is 5.69 Å². The summed E-state index contributed by atoms with van der Waals surface area (Å²) in [7, 11) is 0. The van der Waals surface area contributed by atoms with Crippen LogP contribution in [0.4, 0.5) is 5.69 Å². The lowest BCUT2D eigenvalue weighted by Crippen LogP contribution is -2.18. The summed E-state index contributed by atoms with van der Waals surface area (Å²) in [5.74, 6) is -2.89. The zero-order valence-electron chi connectivity index (χ0n) is 9.57. The monoisotopic (exact) mass is 249 g/mol. The predicted molar refractivity (Wildman–Crippen MR) is 63.9 cm³/mol. The number of allylic oxidation sites excluding steroid dienone is 1. The Bertz CT molecular complexity index is 521. The fraction of sp³-hybridized carbons (Fsp3) is 0.167. The Hall–Kier alpha value is -2.50. The van der Waals surface area contributed by atoms with Crippen molar-refractivity contribution in [3.05, 3.63) is 46.0 Å². The molecule has 1 N–H and O–H groups in total. The van der Waals surface area contributed by atoms with E-state index in [2.05, 4.69) is 0 Å². The number of nitro benzene ring substituents is 1. The van der Waals surface area contributed by atoms with Crippen LogP contribution in [-0.4, -0.2) is 21.8 Å². The van der Waals surface area contributed by atoms with Crippen LogP contribution in [0.15, 0.2) is 30.3 Å². The molecule has 1 unspecified atom stereocenters. The third-order valence-corrected chi connectivity index (χ3v) is 2.32. The van der Waals surface area contributed by atoms with E-state index in [9.17, 15) is 19.7 Å². The summed E-state index contributed by atoms with van der Waals surface area (Å²) in [5.41, 5.74) is 0.381. The van der Waals surface area contributed by atoms with Gasteiger partial charge in [-0.2, -0.15) is 0 Å². The van der Waals surface area contributed by atoms with Gasteiger partial charge in [-0.05, 0) is 18.6 Å². The Kier molecular flexibility index (Phi) is 4.31. The van der Waals surface area contributed by atoms with Crippen LogP contribution in [0.3, 0.4) is 0 Å². The zero-order valence-corrected chi connectivity index (χ0v) is 9.57.